The number of likely N-dealkylation sites (N-methyl/N-ethyl adjacent to an activating group) is 1. The topological polar surface area (TPSA) is 120 Å². The summed E-state index contributed by atoms with van der Waals surface area (Å²) in [6, 6.07) is 7.36. The molecule has 1 saturated carbocycles. The number of amides is 1. The standard InChI is InChI=1S/C28H35N3O6S/c1-20-17-31(21(2)19-32)38(35,36)26-9-8-22(10-13-28(34)11-4-5-12-28)15-24(26)37-25(20)18-30(3)27(33)23-7-6-14-29-16-23/h6-9,14-16,20-21,25,32,34H,4-5,11-12,17-19H2,1-3H3/t20-,21+,25+/m1/s1. The van der Waals surface area contributed by atoms with E-state index in [4.69, 9.17) is 4.74 Å². The summed E-state index contributed by atoms with van der Waals surface area (Å²) in [6.45, 7) is 3.49. The molecule has 0 bridgehead atoms. The molecule has 9 nitrogen and oxygen atoms in total. The van der Waals surface area contributed by atoms with Crippen molar-refractivity contribution < 1.29 is 28.2 Å². The largest absolute Gasteiger partial charge is 0.487 e. The van der Waals surface area contributed by atoms with Crippen molar-refractivity contribution in [1.82, 2.24) is 14.2 Å². The third-order valence-corrected chi connectivity index (χ3v) is 9.27. The Hall–Kier alpha value is -2.97. The van der Waals surface area contributed by atoms with E-state index in [2.05, 4.69) is 16.8 Å². The highest BCUT2D eigenvalue weighted by molar-refractivity contribution is 7.89. The van der Waals surface area contributed by atoms with Crippen LogP contribution in [0.2, 0.25) is 0 Å². The lowest BCUT2D eigenvalue weighted by atomic mass is 10.0. The Labute approximate surface area is 224 Å². The fourth-order valence-corrected chi connectivity index (χ4v) is 6.68. The van der Waals surface area contributed by atoms with Crippen LogP contribution in [0.25, 0.3) is 0 Å². The quantitative estimate of drug-likeness (QED) is 0.557. The van der Waals surface area contributed by atoms with Gasteiger partial charge in [0, 0.05) is 43.5 Å². The molecule has 1 amide bonds. The molecule has 10 heteroatoms. The Morgan fingerprint density at radius 3 is 2.71 bits per heavy atom. The SMILES string of the molecule is C[C@@H]1CN([C@@H](C)CO)S(=O)(=O)c2ccc(C#CC3(O)CCCC3)cc2O[C@H]1CN(C)C(=O)c1cccnc1. The molecule has 2 aromatic rings. The summed E-state index contributed by atoms with van der Waals surface area (Å²) in [7, 11) is -2.33. The molecule has 1 aromatic carbocycles. The van der Waals surface area contributed by atoms with Gasteiger partial charge in [-0.15, -0.1) is 0 Å². The minimum atomic E-state index is -4.00. The molecule has 204 valence electrons. The number of carbonyl (C=O) groups excluding carboxylic acids is 1. The van der Waals surface area contributed by atoms with Crippen LogP contribution in [0.4, 0.5) is 0 Å². The Kier molecular flexibility index (Phi) is 8.43. The summed E-state index contributed by atoms with van der Waals surface area (Å²) >= 11 is 0. The first kappa shape index (κ1) is 28.0. The van der Waals surface area contributed by atoms with E-state index < -0.39 is 27.8 Å². The first-order chi connectivity index (χ1) is 18.0. The van der Waals surface area contributed by atoms with Crippen LogP contribution in [0.15, 0.2) is 47.6 Å². The van der Waals surface area contributed by atoms with Crippen molar-refractivity contribution >= 4 is 15.9 Å². The maximum absolute atomic E-state index is 13.7. The van der Waals surface area contributed by atoms with Crippen LogP contribution in [-0.2, 0) is 10.0 Å². The van der Waals surface area contributed by atoms with Gasteiger partial charge in [0.15, 0.2) is 0 Å². The molecule has 38 heavy (non-hydrogen) atoms. The van der Waals surface area contributed by atoms with Gasteiger partial charge in [0.2, 0.25) is 10.0 Å². The van der Waals surface area contributed by atoms with Gasteiger partial charge in [-0.25, -0.2) is 8.42 Å². The third kappa shape index (κ3) is 6.02. The minimum Gasteiger partial charge on any atom is -0.487 e. The van der Waals surface area contributed by atoms with Gasteiger partial charge in [0.1, 0.15) is 22.4 Å². The Morgan fingerprint density at radius 1 is 1.32 bits per heavy atom. The summed E-state index contributed by atoms with van der Waals surface area (Å²) in [6.07, 6.45) is 5.60. The molecule has 1 aromatic heterocycles. The molecule has 1 aliphatic carbocycles. The Balaban J connectivity index is 1.71. The van der Waals surface area contributed by atoms with Crippen LogP contribution in [0.1, 0.15) is 55.5 Å². The molecule has 2 heterocycles. The number of sulfonamides is 1. The van der Waals surface area contributed by atoms with E-state index in [1.807, 2.05) is 6.92 Å². The molecule has 2 aliphatic rings. The van der Waals surface area contributed by atoms with Crippen molar-refractivity contribution in [2.24, 2.45) is 5.92 Å². The van der Waals surface area contributed by atoms with E-state index in [-0.39, 0.29) is 42.2 Å². The minimum absolute atomic E-state index is 0.0268. The first-order valence-electron chi connectivity index (χ1n) is 12.9. The van der Waals surface area contributed by atoms with Crippen LogP contribution < -0.4 is 4.74 Å². The zero-order chi connectivity index (χ0) is 27.5. The average molecular weight is 542 g/mol. The van der Waals surface area contributed by atoms with Crippen molar-refractivity contribution in [3.8, 4) is 17.6 Å². The third-order valence-electron chi connectivity index (χ3n) is 7.25. The highest BCUT2D eigenvalue weighted by atomic mass is 32.2. The molecular weight excluding hydrogens is 506 g/mol. The number of ether oxygens (including phenoxy) is 1. The van der Waals surface area contributed by atoms with Gasteiger partial charge in [-0.3, -0.25) is 9.78 Å². The van der Waals surface area contributed by atoms with Gasteiger partial charge >= 0.3 is 0 Å². The molecule has 2 N–H and O–H groups in total. The normalized spacial score (nSPS) is 23.1. The van der Waals surface area contributed by atoms with Crippen molar-refractivity contribution in [2.75, 3.05) is 26.7 Å². The lowest BCUT2D eigenvalue weighted by Crippen LogP contribution is -2.50. The maximum atomic E-state index is 13.7. The zero-order valence-corrected chi connectivity index (χ0v) is 22.8. The van der Waals surface area contributed by atoms with Crippen LogP contribution in [0.3, 0.4) is 0 Å². The van der Waals surface area contributed by atoms with Crippen molar-refractivity contribution in [2.45, 2.75) is 62.2 Å². The highest BCUT2D eigenvalue weighted by Gasteiger charge is 2.38. The van der Waals surface area contributed by atoms with E-state index in [0.717, 1.165) is 12.8 Å². The van der Waals surface area contributed by atoms with Crippen molar-refractivity contribution in [3.63, 3.8) is 0 Å². The number of rotatable bonds is 5. The van der Waals surface area contributed by atoms with Gasteiger partial charge in [0.25, 0.3) is 5.91 Å². The second-order valence-electron chi connectivity index (χ2n) is 10.3. The fraction of sp³-hybridized carbons (Fsp3) is 0.500. The van der Waals surface area contributed by atoms with Crippen LogP contribution >= 0.6 is 0 Å². The summed E-state index contributed by atoms with van der Waals surface area (Å²) in [5.74, 6) is 5.53. The lowest BCUT2D eigenvalue weighted by molar-refractivity contribution is 0.0563. The average Bonchev–Trinajstić information content (AvgIpc) is 3.35. The lowest BCUT2D eigenvalue weighted by Gasteiger charge is -2.37. The molecule has 1 fully saturated rings. The number of aliphatic hydroxyl groups is 2. The van der Waals surface area contributed by atoms with E-state index in [0.29, 0.717) is 24.0 Å². The number of aliphatic hydroxyl groups excluding tert-OH is 1. The number of pyridine rings is 1. The van der Waals surface area contributed by atoms with E-state index in [1.165, 1.54) is 21.5 Å². The van der Waals surface area contributed by atoms with Gasteiger partial charge < -0.3 is 19.8 Å². The fourth-order valence-electron chi connectivity index (χ4n) is 4.86. The molecule has 1 aliphatic heterocycles. The smallest absolute Gasteiger partial charge is 0.255 e. The number of hydrogen-bond donors (Lipinski definition) is 2. The van der Waals surface area contributed by atoms with E-state index in [1.54, 1.807) is 44.4 Å². The molecule has 4 rings (SSSR count). The monoisotopic (exact) mass is 541 g/mol. The second-order valence-corrected chi connectivity index (χ2v) is 12.2. The number of carbonyl (C=O) groups is 1. The summed E-state index contributed by atoms with van der Waals surface area (Å²) in [5.41, 5.74) is -0.0704. The molecule has 0 spiro atoms. The zero-order valence-electron chi connectivity index (χ0n) is 22.0. The molecule has 0 saturated heterocycles. The summed E-state index contributed by atoms with van der Waals surface area (Å²) in [4.78, 5) is 18.5. The predicted molar refractivity (Wildman–Crippen MR) is 142 cm³/mol. The van der Waals surface area contributed by atoms with Crippen molar-refractivity contribution in [1.29, 1.82) is 0 Å². The number of aromatic nitrogens is 1. The maximum Gasteiger partial charge on any atom is 0.255 e. The number of hydrogen-bond acceptors (Lipinski definition) is 7. The van der Waals surface area contributed by atoms with Crippen LogP contribution in [0.5, 0.6) is 5.75 Å². The number of nitrogens with zero attached hydrogens (tertiary/aromatic N) is 3. The van der Waals surface area contributed by atoms with Crippen molar-refractivity contribution in [3.05, 3.63) is 53.9 Å². The second kappa shape index (κ2) is 11.4. The van der Waals surface area contributed by atoms with Gasteiger partial charge in [0.05, 0.1) is 18.7 Å². The number of benzene rings is 1. The van der Waals surface area contributed by atoms with Gasteiger partial charge in [-0.05, 0) is 62.9 Å². The van der Waals surface area contributed by atoms with Crippen LogP contribution in [0, 0.1) is 17.8 Å². The summed E-state index contributed by atoms with van der Waals surface area (Å²) in [5, 5.41) is 20.5. The Bertz CT molecular complexity index is 1320. The summed E-state index contributed by atoms with van der Waals surface area (Å²) < 4.78 is 34.9. The van der Waals surface area contributed by atoms with Gasteiger partial charge in [-0.2, -0.15) is 4.31 Å². The first-order valence-corrected chi connectivity index (χ1v) is 14.3. The predicted octanol–water partition coefficient (Wildman–Crippen LogP) is 2.28. The van der Waals surface area contributed by atoms with E-state index >= 15 is 0 Å². The van der Waals surface area contributed by atoms with E-state index in [9.17, 15) is 23.4 Å². The number of fused-ring (bicyclic) bond motifs is 1. The molecule has 0 unspecified atom stereocenters. The van der Waals surface area contributed by atoms with Crippen LogP contribution in [-0.4, -0.2) is 83.2 Å². The molecular formula is C28H35N3O6S. The molecule has 3 atom stereocenters. The van der Waals surface area contributed by atoms with Gasteiger partial charge in [-0.1, -0.05) is 18.8 Å². The molecule has 0 radical (unpaired) electrons. The Morgan fingerprint density at radius 2 is 2.05 bits per heavy atom. The highest BCUT2D eigenvalue weighted by Crippen LogP contribution is 2.34.